The lowest BCUT2D eigenvalue weighted by molar-refractivity contribution is 0.716. The molecule has 0 aliphatic carbocycles. The van der Waals surface area contributed by atoms with Crippen LogP contribution in [0.2, 0.25) is 0 Å². The van der Waals surface area contributed by atoms with Gasteiger partial charge in [-0.1, -0.05) is 50.1 Å². The lowest BCUT2D eigenvalue weighted by Gasteiger charge is -2.15. The highest BCUT2D eigenvalue weighted by Gasteiger charge is 2.10. The van der Waals surface area contributed by atoms with Crippen molar-refractivity contribution in [2.75, 3.05) is 0 Å². The molecular weight excluding hydrogens is 354 g/mol. The van der Waals surface area contributed by atoms with Crippen molar-refractivity contribution in [2.24, 2.45) is 5.73 Å². The molecule has 0 saturated heterocycles. The van der Waals surface area contributed by atoms with Gasteiger partial charge in [-0.25, -0.2) is 0 Å². The maximum absolute atomic E-state index is 6.30. The molecule has 0 radical (unpaired) electrons. The SMILES string of the molecule is Cc1ccc(Br)cc1C(N)Cc1ccc(Br)cc1. The Balaban J connectivity index is 2.18. The van der Waals surface area contributed by atoms with E-state index >= 15 is 0 Å². The van der Waals surface area contributed by atoms with E-state index in [1.165, 1.54) is 16.7 Å². The summed E-state index contributed by atoms with van der Waals surface area (Å²) in [6, 6.07) is 14.6. The Morgan fingerprint density at radius 3 is 2.28 bits per heavy atom. The maximum Gasteiger partial charge on any atom is 0.0338 e. The third-order valence-electron chi connectivity index (χ3n) is 3.01. The zero-order chi connectivity index (χ0) is 13.1. The van der Waals surface area contributed by atoms with Gasteiger partial charge in [0.1, 0.15) is 0 Å². The van der Waals surface area contributed by atoms with E-state index in [2.05, 4.69) is 75.2 Å². The summed E-state index contributed by atoms with van der Waals surface area (Å²) in [4.78, 5) is 0. The Morgan fingerprint density at radius 1 is 1.00 bits per heavy atom. The van der Waals surface area contributed by atoms with Crippen molar-refractivity contribution in [3.63, 3.8) is 0 Å². The van der Waals surface area contributed by atoms with E-state index < -0.39 is 0 Å². The molecule has 1 nitrogen and oxygen atoms in total. The molecule has 2 aromatic carbocycles. The molecule has 2 rings (SSSR count). The van der Waals surface area contributed by atoms with Crippen LogP contribution < -0.4 is 5.73 Å². The lowest BCUT2D eigenvalue weighted by atomic mass is 9.96. The van der Waals surface area contributed by atoms with Gasteiger partial charge in [0.15, 0.2) is 0 Å². The largest absolute Gasteiger partial charge is 0.324 e. The minimum absolute atomic E-state index is 0.0312. The predicted molar refractivity (Wildman–Crippen MR) is 83.7 cm³/mol. The summed E-state index contributed by atoms with van der Waals surface area (Å²) >= 11 is 6.94. The first-order chi connectivity index (χ1) is 8.56. The van der Waals surface area contributed by atoms with Gasteiger partial charge >= 0.3 is 0 Å². The fraction of sp³-hybridized carbons (Fsp3) is 0.200. The van der Waals surface area contributed by atoms with Gasteiger partial charge in [0.2, 0.25) is 0 Å². The van der Waals surface area contributed by atoms with Crippen molar-refractivity contribution in [2.45, 2.75) is 19.4 Å². The first kappa shape index (κ1) is 13.8. The first-order valence-electron chi connectivity index (χ1n) is 5.82. The standard InChI is InChI=1S/C15H15Br2N/c1-10-2-5-13(17)9-14(10)15(18)8-11-3-6-12(16)7-4-11/h2-7,9,15H,8,18H2,1H3. The molecule has 0 amide bonds. The lowest BCUT2D eigenvalue weighted by Crippen LogP contribution is -2.14. The molecule has 0 aromatic heterocycles. The number of hydrogen-bond donors (Lipinski definition) is 1. The van der Waals surface area contributed by atoms with E-state index in [0.717, 1.165) is 15.4 Å². The van der Waals surface area contributed by atoms with Gasteiger partial charge < -0.3 is 5.73 Å². The Labute approximate surface area is 125 Å². The van der Waals surface area contributed by atoms with Crippen molar-refractivity contribution >= 4 is 31.9 Å². The molecular formula is C15H15Br2N. The molecule has 0 fully saturated rings. The van der Waals surface area contributed by atoms with Gasteiger partial charge in [-0.15, -0.1) is 0 Å². The molecule has 2 N–H and O–H groups in total. The van der Waals surface area contributed by atoms with Crippen LogP contribution in [0, 0.1) is 6.92 Å². The summed E-state index contributed by atoms with van der Waals surface area (Å²) in [6.45, 7) is 2.10. The van der Waals surface area contributed by atoms with Crippen LogP contribution in [0.3, 0.4) is 0 Å². The summed E-state index contributed by atoms with van der Waals surface area (Å²) < 4.78 is 2.17. The smallest absolute Gasteiger partial charge is 0.0338 e. The van der Waals surface area contributed by atoms with Gasteiger partial charge in [-0.05, 0) is 54.3 Å². The van der Waals surface area contributed by atoms with E-state index in [4.69, 9.17) is 5.73 Å². The number of benzene rings is 2. The first-order valence-corrected chi connectivity index (χ1v) is 7.41. The molecule has 2 aromatic rings. The topological polar surface area (TPSA) is 26.0 Å². The number of aryl methyl sites for hydroxylation is 1. The third kappa shape index (κ3) is 3.44. The molecule has 18 heavy (non-hydrogen) atoms. The molecule has 1 atom stereocenters. The normalized spacial score (nSPS) is 12.4. The fourth-order valence-electron chi connectivity index (χ4n) is 2.00. The highest BCUT2D eigenvalue weighted by molar-refractivity contribution is 9.10. The van der Waals surface area contributed by atoms with Crippen LogP contribution in [0.25, 0.3) is 0 Å². The van der Waals surface area contributed by atoms with E-state index in [9.17, 15) is 0 Å². The van der Waals surface area contributed by atoms with Crippen LogP contribution in [0.15, 0.2) is 51.4 Å². The zero-order valence-corrected chi connectivity index (χ0v) is 13.3. The zero-order valence-electron chi connectivity index (χ0n) is 10.2. The second kappa shape index (κ2) is 6.00. The average molecular weight is 369 g/mol. The molecule has 0 saturated carbocycles. The molecule has 0 spiro atoms. The van der Waals surface area contributed by atoms with E-state index in [0.29, 0.717) is 0 Å². The van der Waals surface area contributed by atoms with E-state index in [1.54, 1.807) is 0 Å². The molecule has 3 heteroatoms. The molecule has 1 unspecified atom stereocenters. The summed E-state index contributed by atoms with van der Waals surface area (Å²) in [6.07, 6.45) is 0.852. The minimum atomic E-state index is 0.0312. The van der Waals surface area contributed by atoms with Crippen LogP contribution in [0.1, 0.15) is 22.7 Å². The third-order valence-corrected chi connectivity index (χ3v) is 4.03. The van der Waals surface area contributed by atoms with Crippen LogP contribution in [0.4, 0.5) is 0 Å². The van der Waals surface area contributed by atoms with Gasteiger partial charge in [0, 0.05) is 15.0 Å². The summed E-state index contributed by atoms with van der Waals surface area (Å²) in [5, 5.41) is 0. The Kier molecular flexibility index (Phi) is 4.60. The van der Waals surface area contributed by atoms with Crippen LogP contribution in [-0.4, -0.2) is 0 Å². The molecule has 0 aliphatic heterocycles. The number of halogens is 2. The van der Waals surface area contributed by atoms with Crippen molar-refractivity contribution < 1.29 is 0 Å². The van der Waals surface area contributed by atoms with E-state index in [-0.39, 0.29) is 6.04 Å². The molecule has 0 heterocycles. The average Bonchev–Trinajstić information content (AvgIpc) is 2.35. The minimum Gasteiger partial charge on any atom is -0.324 e. The number of hydrogen-bond acceptors (Lipinski definition) is 1. The van der Waals surface area contributed by atoms with Gasteiger partial charge in [0.05, 0.1) is 0 Å². The molecule has 94 valence electrons. The van der Waals surface area contributed by atoms with Gasteiger partial charge in [0.25, 0.3) is 0 Å². The quantitative estimate of drug-likeness (QED) is 0.830. The summed E-state index contributed by atoms with van der Waals surface area (Å²) in [5.74, 6) is 0. The monoisotopic (exact) mass is 367 g/mol. The highest BCUT2D eigenvalue weighted by atomic mass is 79.9. The van der Waals surface area contributed by atoms with Crippen molar-refractivity contribution in [3.8, 4) is 0 Å². The van der Waals surface area contributed by atoms with Gasteiger partial charge in [-0.2, -0.15) is 0 Å². The Bertz CT molecular complexity index is 535. The summed E-state index contributed by atoms with van der Waals surface area (Å²) in [7, 11) is 0. The number of nitrogens with two attached hydrogens (primary N) is 1. The molecule has 0 bridgehead atoms. The van der Waals surface area contributed by atoms with E-state index in [1.807, 2.05) is 6.07 Å². The van der Waals surface area contributed by atoms with Crippen LogP contribution in [-0.2, 0) is 6.42 Å². The second-order valence-electron chi connectivity index (χ2n) is 4.44. The number of rotatable bonds is 3. The van der Waals surface area contributed by atoms with Crippen LogP contribution >= 0.6 is 31.9 Å². The van der Waals surface area contributed by atoms with Crippen molar-refractivity contribution in [3.05, 3.63) is 68.1 Å². The van der Waals surface area contributed by atoms with Crippen molar-refractivity contribution in [1.29, 1.82) is 0 Å². The fourth-order valence-corrected chi connectivity index (χ4v) is 2.64. The summed E-state index contributed by atoms with van der Waals surface area (Å²) in [5.41, 5.74) is 10.00. The Hall–Kier alpha value is -0.640. The van der Waals surface area contributed by atoms with Crippen LogP contribution in [0.5, 0.6) is 0 Å². The maximum atomic E-state index is 6.30. The second-order valence-corrected chi connectivity index (χ2v) is 6.27. The van der Waals surface area contributed by atoms with Gasteiger partial charge in [-0.3, -0.25) is 0 Å². The molecule has 0 aliphatic rings. The highest BCUT2D eigenvalue weighted by Crippen LogP contribution is 2.24. The Morgan fingerprint density at radius 2 is 1.61 bits per heavy atom. The predicted octanol–water partition coefficient (Wildman–Crippen LogP) is 4.76. The van der Waals surface area contributed by atoms with Crippen molar-refractivity contribution in [1.82, 2.24) is 0 Å².